The zero-order chi connectivity index (χ0) is 20.3. The van der Waals surface area contributed by atoms with E-state index in [1.54, 1.807) is 0 Å². The molecule has 2 aliphatic rings. The number of benzene rings is 1. The first-order chi connectivity index (χ1) is 13.3. The van der Waals surface area contributed by atoms with Gasteiger partial charge in [-0.3, -0.25) is 4.90 Å². The molecule has 0 N–H and O–H groups in total. The van der Waals surface area contributed by atoms with Crippen molar-refractivity contribution in [1.82, 2.24) is 4.90 Å². The molecule has 1 fully saturated rings. The smallest absolute Gasteiger partial charge is 0.411 e. The molecule has 28 heavy (non-hydrogen) atoms. The minimum atomic E-state index is -0.657. The average molecular weight is 390 g/mol. The van der Waals surface area contributed by atoms with Gasteiger partial charge in [-0.15, -0.1) is 0 Å². The summed E-state index contributed by atoms with van der Waals surface area (Å²) in [5, 5.41) is 0. The fraction of sp³-hybridized carbons (Fsp3) is 0.619. The third kappa shape index (κ3) is 4.51. The highest BCUT2D eigenvalue weighted by Crippen LogP contribution is 2.35. The molecule has 2 heterocycles. The predicted octanol–water partition coefficient (Wildman–Crippen LogP) is 3.22. The lowest BCUT2D eigenvalue weighted by Crippen LogP contribution is -2.56. The second kappa shape index (κ2) is 8.29. The van der Waals surface area contributed by atoms with Gasteiger partial charge in [-0.2, -0.15) is 0 Å². The van der Waals surface area contributed by atoms with Crippen molar-refractivity contribution in [1.29, 1.82) is 0 Å². The SMILES string of the molecule is COC(=O)[C@@H]1C[C@H](N2CCCOc3ccccc32)CCN1C(=O)OC(C)(C)C. The molecule has 0 radical (unpaired) electrons. The van der Waals surface area contributed by atoms with Crippen LogP contribution in [0.1, 0.15) is 40.0 Å². The Kier molecular flexibility index (Phi) is 6.01. The second-order valence-electron chi connectivity index (χ2n) is 8.25. The van der Waals surface area contributed by atoms with Crippen LogP contribution in [0.15, 0.2) is 24.3 Å². The topological polar surface area (TPSA) is 68.3 Å². The summed E-state index contributed by atoms with van der Waals surface area (Å²) in [7, 11) is 1.36. The Morgan fingerprint density at radius 1 is 1.18 bits per heavy atom. The molecule has 2 aliphatic heterocycles. The van der Waals surface area contributed by atoms with Gasteiger partial charge in [0.05, 0.1) is 19.4 Å². The monoisotopic (exact) mass is 390 g/mol. The van der Waals surface area contributed by atoms with Crippen LogP contribution >= 0.6 is 0 Å². The van der Waals surface area contributed by atoms with Gasteiger partial charge in [0.15, 0.2) is 0 Å². The van der Waals surface area contributed by atoms with Gasteiger partial charge < -0.3 is 19.1 Å². The number of hydrogen-bond donors (Lipinski definition) is 0. The maximum atomic E-state index is 12.6. The van der Waals surface area contributed by atoms with Crippen LogP contribution in [0.4, 0.5) is 10.5 Å². The number of fused-ring (bicyclic) bond motifs is 1. The molecule has 7 nitrogen and oxygen atoms in total. The molecule has 0 aliphatic carbocycles. The van der Waals surface area contributed by atoms with Crippen LogP contribution in [0, 0.1) is 0 Å². The molecule has 154 valence electrons. The largest absolute Gasteiger partial charge is 0.491 e. The fourth-order valence-electron chi connectivity index (χ4n) is 3.86. The first-order valence-electron chi connectivity index (χ1n) is 9.86. The molecule has 0 bridgehead atoms. The zero-order valence-electron chi connectivity index (χ0n) is 17.1. The van der Waals surface area contributed by atoms with Crippen molar-refractivity contribution >= 4 is 17.7 Å². The summed E-state index contributed by atoms with van der Waals surface area (Å²) in [5.41, 5.74) is 0.426. The first-order valence-corrected chi connectivity index (χ1v) is 9.86. The molecule has 3 rings (SSSR count). The van der Waals surface area contributed by atoms with E-state index in [-0.39, 0.29) is 6.04 Å². The van der Waals surface area contributed by atoms with Gasteiger partial charge in [0, 0.05) is 19.1 Å². The number of esters is 1. The third-order valence-corrected chi connectivity index (χ3v) is 5.09. The van der Waals surface area contributed by atoms with E-state index >= 15 is 0 Å². The highest BCUT2D eigenvalue weighted by atomic mass is 16.6. The van der Waals surface area contributed by atoms with Crippen molar-refractivity contribution in [3.05, 3.63) is 24.3 Å². The molecule has 0 unspecified atom stereocenters. The van der Waals surface area contributed by atoms with Gasteiger partial charge in [-0.05, 0) is 52.2 Å². The van der Waals surface area contributed by atoms with Crippen molar-refractivity contribution in [3.8, 4) is 5.75 Å². The van der Waals surface area contributed by atoms with Crippen LogP contribution < -0.4 is 9.64 Å². The van der Waals surface area contributed by atoms with E-state index in [1.807, 2.05) is 45.0 Å². The van der Waals surface area contributed by atoms with Crippen molar-refractivity contribution < 1.29 is 23.8 Å². The standard InChI is InChI=1S/C21H30N2O5/c1-21(2,3)28-20(25)23-12-10-15(14-17(23)19(24)26-4)22-11-7-13-27-18-9-6-5-8-16(18)22/h5-6,8-9,15,17H,7,10-14H2,1-4H3/t15-,17+/m1/s1. The van der Waals surface area contributed by atoms with E-state index in [0.29, 0.717) is 19.6 Å². The quantitative estimate of drug-likeness (QED) is 0.723. The number of para-hydroxylation sites is 2. The molecule has 1 aromatic carbocycles. The fourth-order valence-corrected chi connectivity index (χ4v) is 3.86. The van der Waals surface area contributed by atoms with E-state index in [1.165, 1.54) is 12.0 Å². The number of carbonyl (C=O) groups excluding carboxylic acids is 2. The van der Waals surface area contributed by atoms with Crippen LogP contribution in [0.3, 0.4) is 0 Å². The predicted molar refractivity (Wildman–Crippen MR) is 106 cm³/mol. The van der Waals surface area contributed by atoms with Gasteiger partial charge in [0.2, 0.25) is 0 Å². The number of methoxy groups -OCH3 is 1. The Hall–Kier alpha value is -2.44. The molecular weight excluding hydrogens is 360 g/mol. The lowest BCUT2D eigenvalue weighted by molar-refractivity contribution is -0.148. The lowest BCUT2D eigenvalue weighted by atomic mass is 9.95. The Balaban J connectivity index is 1.81. The van der Waals surface area contributed by atoms with Gasteiger partial charge in [0.25, 0.3) is 0 Å². The van der Waals surface area contributed by atoms with Crippen molar-refractivity contribution in [2.45, 2.75) is 57.7 Å². The van der Waals surface area contributed by atoms with Crippen LogP contribution in [-0.2, 0) is 14.3 Å². The van der Waals surface area contributed by atoms with Crippen LogP contribution in [0.2, 0.25) is 0 Å². The number of hydrogen-bond acceptors (Lipinski definition) is 6. The Bertz CT molecular complexity index is 715. The van der Waals surface area contributed by atoms with E-state index in [2.05, 4.69) is 4.90 Å². The highest BCUT2D eigenvalue weighted by molar-refractivity contribution is 5.82. The molecular formula is C21H30N2O5. The normalized spacial score (nSPS) is 22.6. The molecule has 2 atom stereocenters. The Labute approximate surface area is 166 Å². The minimum absolute atomic E-state index is 0.116. The summed E-state index contributed by atoms with van der Waals surface area (Å²) >= 11 is 0. The number of carbonyl (C=O) groups is 2. The maximum absolute atomic E-state index is 12.6. The highest BCUT2D eigenvalue weighted by Gasteiger charge is 2.41. The van der Waals surface area contributed by atoms with E-state index in [9.17, 15) is 9.59 Å². The lowest BCUT2D eigenvalue weighted by Gasteiger charge is -2.43. The number of ether oxygens (including phenoxy) is 3. The number of anilines is 1. The molecule has 1 aromatic rings. The second-order valence-corrected chi connectivity index (χ2v) is 8.25. The number of nitrogens with zero attached hydrogens (tertiary/aromatic N) is 2. The Morgan fingerprint density at radius 2 is 1.93 bits per heavy atom. The molecule has 1 amide bonds. The summed E-state index contributed by atoms with van der Waals surface area (Å²) in [6, 6.07) is 7.44. The minimum Gasteiger partial charge on any atom is -0.491 e. The summed E-state index contributed by atoms with van der Waals surface area (Å²) in [4.78, 5) is 28.9. The summed E-state index contributed by atoms with van der Waals surface area (Å²) in [6.45, 7) is 7.42. The van der Waals surface area contributed by atoms with Gasteiger partial charge >= 0.3 is 12.1 Å². The van der Waals surface area contributed by atoms with Gasteiger partial charge in [-0.1, -0.05) is 12.1 Å². The summed E-state index contributed by atoms with van der Waals surface area (Å²) in [5.74, 6) is 0.458. The number of rotatable bonds is 2. The first kappa shape index (κ1) is 20.3. The molecule has 1 saturated heterocycles. The van der Waals surface area contributed by atoms with Gasteiger partial charge in [0.1, 0.15) is 17.4 Å². The Morgan fingerprint density at radius 3 is 2.64 bits per heavy atom. The van der Waals surface area contributed by atoms with E-state index < -0.39 is 23.7 Å². The van der Waals surface area contributed by atoms with E-state index in [4.69, 9.17) is 14.2 Å². The average Bonchev–Trinajstić information content (AvgIpc) is 2.88. The molecule has 7 heteroatoms. The third-order valence-electron chi connectivity index (χ3n) is 5.09. The maximum Gasteiger partial charge on any atom is 0.411 e. The zero-order valence-corrected chi connectivity index (χ0v) is 17.1. The number of likely N-dealkylation sites (tertiary alicyclic amines) is 1. The van der Waals surface area contributed by atoms with Crippen molar-refractivity contribution in [3.63, 3.8) is 0 Å². The van der Waals surface area contributed by atoms with E-state index in [0.717, 1.165) is 30.8 Å². The van der Waals surface area contributed by atoms with Crippen LogP contribution in [0.5, 0.6) is 5.75 Å². The van der Waals surface area contributed by atoms with Crippen molar-refractivity contribution in [2.75, 3.05) is 31.7 Å². The molecule has 0 saturated carbocycles. The summed E-state index contributed by atoms with van der Waals surface area (Å²) < 4.78 is 16.4. The van der Waals surface area contributed by atoms with Crippen molar-refractivity contribution in [2.24, 2.45) is 0 Å². The molecule has 0 spiro atoms. The van der Waals surface area contributed by atoms with Crippen LogP contribution in [0.25, 0.3) is 0 Å². The molecule has 0 aromatic heterocycles. The summed E-state index contributed by atoms with van der Waals surface area (Å²) in [6.07, 6.45) is 1.69. The van der Waals surface area contributed by atoms with Crippen LogP contribution in [-0.4, -0.2) is 61.5 Å². The number of piperidine rings is 1. The van der Waals surface area contributed by atoms with Gasteiger partial charge in [-0.25, -0.2) is 9.59 Å². The number of amides is 1.